The smallest absolute Gasteiger partial charge is 0.253 e. The van der Waals surface area contributed by atoms with Crippen LogP contribution in [-0.4, -0.2) is 29.7 Å². The molecule has 1 amide bonds. The molecular weight excluding hydrogens is 266 g/mol. The van der Waals surface area contributed by atoms with Crippen molar-refractivity contribution in [2.45, 2.75) is 20.3 Å². The SMILES string of the molecule is Cc1ccc(C)c(C(=O)N(C)CCCBr)c1. The van der Waals surface area contributed by atoms with Crippen molar-refractivity contribution in [1.29, 1.82) is 0 Å². The Morgan fingerprint density at radius 2 is 2.06 bits per heavy atom. The highest BCUT2D eigenvalue weighted by Gasteiger charge is 2.13. The van der Waals surface area contributed by atoms with Crippen LogP contribution < -0.4 is 0 Å². The Labute approximate surface area is 106 Å². The molecule has 0 unspecified atom stereocenters. The van der Waals surface area contributed by atoms with Gasteiger partial charge in [0.15, 0.2) is 0 Å². The molecule has 88 valence electrons. The van der Waals surface area contributed by atoms with E-state index in [4.69, 9.17) is 0 Å². The summed E-state index contributed by atoms with van der Waals surface area (Å²) in [6.07, 6.45) is 0.979. The molecule has 2 nitrogen and oxygen atoms in total. The number of benzene rings is 1. The summed E-state index contributed by atoms with van der Waals surface area (Å²) in [4.78, 5) is 13.9. The Balaban J connectivity index is 2.83. The Hall–Kier alpha value is -0.830. The van der Waals surface area contributed by atoms with Gasteiger partial charge in [-0.05, 0) is 31.9 Å². The summed E-state index contributed by atoms with van der Waals surface area (Å²) < 4.78 is 0. The minimum absolute atomic E-state index is 0.113. The number of halogens is 1. The minimum Gasteiger partial charge on any atom is -0.342 e. The third kappa shape index (κ3) is 3.34. The van der Waals surface area contributed by atoms with E-state index in [1.807, 2.05) is 39.1 Å². The fourth-order valence-electron chi connectivity index (χ4n) is 1.57. The van der Waals surface area contributed by atoms with Crippen LogP contribution in [0.2, 0.25) is 0 Å². The van der Waals surface area contributed by atoms with Crippen LogP contribution in [0, 0.1) is 13.8 Å². The summed E-state index contributed by atoms with van der Waals surface area (Å²) in [5.41, 5.74) is 2.99. The highest BCUT2D eigenvalue weighted by atomic mass is 79.9. The van der Waals surface area contributed by atoms with Crippen LogP contribution in [0.25, 0.3) is 0 Å². The molecule has 0 saturated heterocycles. The van der Waals surface area contributed by atoms with E-state index in [2.05, 4.69) is 15.9 Å². The zero-order valence-corrected chi connectivity index (χ0v) is 11.7. The molecule has 16 heavy (non-hydrogen) atoms. The molecule has 0 N–H and O–H groups in total. The van der Waals surface area contributed by atoms with E-state index in [-0.39, 0.29) is 5.91 Å². The van der Waals surface area contributed by atoms with Crippen molar-refractivity contribution >= 4 is 21.8 Å². The summed E-state index contributed by atoms with van der Waals surface area (Å²) >= 11 is 3.37. The third-order valence-corrected chi connectivity index (χ3v) is 3.16. The molecule has 1 aromatic carbocycles. The highest BCUT2D eigenvalue weighted by Crippen LogP contribution is 2.13. The number of alkyl halides is 1. The largest absolute Gasteiger partial charge is 0.342 e. The van der Waals surface area contributed by atoms with Crippen LogP contribution in [-0.2, 0) is 0 Å². The first-order valence-corrected chi connectivity index (χ1v) is 6.57. The standard InChI is InChI=1S/C13H18BrNO/c1-10-5-6-11(2)12(9-10)13(16)15(3)8-4-7-14/h5-6,9H,4,7-8H2,1-3H3. The third-order valence-electron chi connectivity index (χ3n) is 2.60. The van der Waals surface area contributed by atoms with Crippen LogP contribution in [0.3, 0.4) is 0 Å². The van der Waals surface area contributed by atoms with Crippen molar-refractivity contribution < 1.29 is 4.79 Å². The lowest BCUT2D eigenvalue weighted by atomic mass is 10.0. The summed E-state index contributed by atoms with van der Waals surface area (Å²) in [6.45, 7) is 4.77. The van der Waals surface area contributed by atoms with E-state index in [0.29, 0.717) is 0 Å². The maximum atomic E-state index is 12.1. The first-order chi connectivity index (χ1) is 7.56. The molecule has 0 fully saturated rings. The molecule has 0 radical (unpaired) electrons. The number of aryl methyl sites for hydroxylation is 2. The average Bonchev–Trinajstić information content (AvgIpc) is 2.28. The Bertz CT molecular complexity index is 376. The van der Waals surface area contributed by atoms with Crippen LogP contribution >= 0.6 is 15.9 Å². The van der Waals surface area contributed by atoms with Gasteiger partial charge in [-0.25, -0.2) is 0 Å². The maximum absolute atomic E-state index is 12.1. The number of hydrogen-bond acceptors (Lipinski definition) is 1. The summed E-state index contributed by atoms with van der Waals surface area (Å²) in [7, 11) is 1.85. The number of nitrogens with zero attached hydrogens (tertiary/aromatic N) is 1. The topological polar surface area (TPSA) is 20.3 Å². The molecule has 0 aliphatic carbocycles. The maximum Gasteiger partial charge on any atom is 0.253 e. The molecular formula is C13H18BrNO. The van der Waals surface area contributed by atoms with Crippen LogP contribution in [0.15, 0.2) is 18.2 Å². The van der Waals surface area contributed by atoms with E-state index in [0.717, 1.165) is 35.0 Å². The van der Waals surface area contributed by atoms with Gasteiger partial charge in [-0.3, -0.25) is 4.79 Å². The van der Waals surface area contributed by atoms with Crippen molar-refractivity contribution in [1.82, 2.24) is 4.90 Å². The van der Waals surface area contributed by atoms with Gasteiger partial charge in [0.25, 0.3) is 5.91 Å². The van der Waals surface area contributed by atoms with E-state index >= 15 is 0 Å². The molecule has 0 aliphatic rings. The first-order valence-electron chi connectivity index (χ1n) is 5.45. The van der Waals surface area contributed by atoms with Crippen molar-refractivity contribution in [3.63, 3.8) is 0 Å². The molecule has 1 aromatic rings. The zero-order chi connectivity index (χ0) is 12.1. The minimum atomic E-state index is 0.113. The molecule has 1 rings (SSSR count). The van der Waals surface area contributed by atoms with Crippen LogP contribution in [0.5, 0.6) is 0 Å². The zero-order valence-electron chi connectivity index (χ0n) is 10.1. The average molecular weight is 284 g/mol. The van der Waals surface area contributed by atoms with E-state index < -0.39 is 0 Å². The van der Waals surface area contributed by atoms with Gasteiger partial charge in [-0.15, -0.1) is 0 Å². The summed E-state index contributed by atoms with van der Waals surface area (Å²) in [5, 5.41) is 0.928. The molecule has 0 aliphatic heterocycles. The molecule has 0 saturated carbocycles. The molecule has 0 heterocycles. The predicted molar refractivity (Wildman–Crippen MR) is 71.3 cm³/mol. The number of carbonyl (C=O) groups excluding carboxylic acids is 1. The van der Waals surface area contributed by atoms with E-state index in [9.17, 15) is 4.79 Å². The fraction of sp³-hybridized carbons (Fsp3) is 0.462. The lowest BCUT2D eigenvalue weighted by Crippen LogP contribution is -2.28. The summed E-state index contributed by atoms with van der Waals surface area (Å²) in [5.74, 6) is 0.113. The van der Waals surface area contributed by atoms with Crippen LogP contribution in [0.1, 0.15) is 27.9 Å². The van der Waals surface area contributed by atoms with Gasteiger partial charge >= 0.3 is 0 Å². The van der Waals surface area contributed by atoms with Gasteiger partial charge < -0.3 is 4.90 Å². The molecule has 3 heteroatoms. The van der Waals surface area contributed by atoms with Gasteiger partial charge in [0.1, 0.15) is 0 Å². The molecule has 0 aromatic heterocycles. The second-order valence-electron chi connectivity index (χ2n) is 4.09. The quantitative estimate of drug-likeness (QED) is 0.778. The molecule has 0 atom stereocenters. The van der Waals surface area contributed by atoms with Crippen molar-refractivity contribution in [2.75, 3.05) is 18.9 Å². The van der Waals surface area contributed by atoms with E-state index in [1.165, 1.54) is 0 Å². The lowest BCUT2D eigenvalue weighted by Gasteiger charge is -2.18. The van der Waals surface area contributed by atoms with Gasteiger partial charge in [0, 0.05) is 24.5 Å². The normalized spacial score (nSPS) is 10.2. The van der Waals surface area contributed by atoms with E-state index in [1.54, 1.807) is 4.90 Å². The first kappa shape index (κ1) is 13.2. The summed E-state index contributed by atoms with van der Waals surface area (Å²) in [6, 6.07) is 5.99. The second-order valence-corrected chi connectivity index (χ2v) is 4.88. The van der Waals surface area contributed by atoms with Crippen molar-refractivity contribution in [2.24, 2.45) is 0 Å². The van der Waals surface area contributed by atoms with Gasteiger partial charge in [-0.1, -0.05) is 33.6 Å². The Morgan fingerprint density at radius 3 is 2.69 bits per heavy atom. The molecule has 0 bridgehead atoms. The number of rotatable bonds is 4. The number of amides is 1. The predicted octanol–water partition coefficient (Wildman–Crippen LogP) is 3.16. The fourth-order valence-corrected chi connectivity index (χ4v) is 1.82. The van der Waals surface area contributed by atoms with Gasteiger partial charge in [-0.2, -0.15) is 0 Å². The molecule has 0 spiro atoms. The monoisotopic (exact) mass is 283 g/mol. The lowest BCUT2D eigenvalue weighted by molar-refractivity contribution is 0.0795. The Morgan fingerprint density at radius 1 is 1.38 bits per heavy atom. The van der Waals surface area contributed by atoms with Gasteiger partial charge in [0.05, 0.1) is 0 Å². The Kier molecular flexibility index (Phi) is 5.00. The highest BCUT2D eigenvalue weighted by molar-refractivity contribution is 9.09. The van der Waals surface area contributed by atoms with Crippen molar-refractivity contribution in [3.05, 3.63) is 34.9 Å². The van der Waals surface area contributed by atoms with Gasteiger partial charge in [0.2, 0.25) is 0 Å². The number of carbonyl (C=O) groups is 1. The van der Waals surface area contributed by atoms with Crippen molar-refractivity contribution in [3.8, 4) is 0 Å². The van der Waals surface area contributed by atoms with Crippen LogP contribution in [0.4, 0.5) is 0 Å². The second kappa shape index (κ2) is 6.04. The number of hydrogen-bond donors (Lipinski definition) is 0.